The summed E-state index contributed by atoms with van der Waals surface area (Å²) in [6, 6.07) is 7.74. The van der Waals surface area contributed by atoms with E-state index in [4.69, 9.17) is 4.74 Å². The van der Waals surface area contributed by atoms with Gasteiger partial charge in [-0.3, -0.25) is 14.7 Å². The maximum atomic E-state index is 12.8. The molecule has 1 amide bonds. The van der Waals surface area contributed by atoms with Gasteiger partial charge >= 0.3 is 0 Å². The van der Waals surface area contributed by atoms with Gasteiger partial charge in [-0.25, -0.2) is 0 Å². The quantitative estimate of drug-likeness (QED) is 0.325. The first-order valence-corrected chi connectivity index (χ1v) is 10.1. The van der Waals surface area contributed by atoms with Gasteiger partial charge < -0.3 is 4.74 Å². The molecule has 1 aromatic carbocycles. The molecule has 2 rings (SSSR count). The van der Waals surface area contributed by atoms with Gasteiger partial charge in [0.05, 0.1) is 4.91 Å². The zero-order valence-corrected chi connectivity index (χ0v) is 16.6. The largest absolute Gasteiger partial charge is 0.490 e. The van der Waals surface area contributed by atoms with E-state index >= 15 is 0 Å². The van der Waals surface area contributed by atoms with Crippen molar-refractivity contribution in [1.82, 2.24) is 4.90 Å². The minimum absolute atomic E-state index is 0.0608. The van der Waals surface area contributed by atoms with Crippen molar-refractivity contribution in [3.8, 4) is 5.75 Å². The average Bonchev–Trinajstić information content (AvgIpc) is 2.94. The third-order valence-corrected chi connectivity index (χ3v) is 4.97. The van der Waals surface area contributed by atoms with Crippen molar-refractivity contribution in [3.05, 3.63) is 47.4 Å². The molecule has 0 N–H and O–H groups in total. The molecule has 4 nitrogen and oxygen atoms in total. The highest BCUT2D eigenvalue weighted by Gasteiger charge is 2.32. The van der Waals surface area contributed by atoms with Crippen LogP contribution >= 0.6 is 11.8 Å². The van der Waals surface area contributed by atoms with Crippen LogP contribution in [0.3, 0.4) is 0 Å². The number of amides is 1. The van der Waals surface area contributed by atoms with E-state index in [0.717, 1.165) is 60.2 Å². The molecule has 1 aromatic rings. The predicted octanol–water partition coefficient (Wildman–Crippen LogP) is 5.12. The van der Waals surface area contributed by atoms with Crippen LogP contribution < -0.4 is 4.74 Å². The van der Waals surface area contributed by atoms with Crippen molar-refractivity contribution in [2.75, 3.05) is 19.7 Å². The number of aliphatic imine (C=N–C) groups is 1. The Labute approximate surface area is 161 Å². The highest BCUT2D eigenvalue weighted by atomic mass is 32.2. The van der Waals surface area contributed by atoms with Gasteiger partial charge in [0.25, 0.3) is 5.91 Å². The number of hydrogen-bond donors (Lipinski definition) is 0. The van der Waals surface area contributed by atoms with Gasteiger partial charge in [-0.05, 0) is 48.4 Å². The van der Waals surface area contributed by atoms with Crippen LogP contribution in [0.15, 0.2) is 46.8 Å². The van der Waals surface area contributed by atoms with Crippen molar-refractivity contribution in [3.63, 3.8) is 0 Å². The second-order valence-corrected chi connectivity index (χ2v) is 7.12. The third kappa shape index (κ3) is 5.77. The summed E-state index contributed by atoms with van der Waals surface area (Å²) in [7, 11) is 0. The average molecular weight is 373 g/mol. The van der Waals surface area contributed by atoms with Gasteiger partial charge in [0, 0.05) is 13.1 Å². The SMILES string of the molecule is C=CCOc1ccc(C=C2SC(=NCCCC)N(CCCC)C2=O)cc1. The molecule has 1 fully saturated rings. The molecule has 140 valence electrons. The molecule has 0 atom stereocenters. The molecule has 0 unspecified atom stereocenters. The van der Waals surface area contributed by atoms with Gasteiger partial charge in [0.1, 0.15) is 12.4 Å². The van der Waals surface area contributed by atoms with Crippen LogP contribution in [0.1, 0.15) is 45.1 Å². The summed E-state index contributed by atoms with van der Waals surface area (Å²) in [4.78, 5) is 20.0. The molecule has 1 aliphatic heterocycles. The fourth-order valence-electron chi connectivity index (χ4n) is 2.44. The monoisotopic (exact) mass is 372 g/mol. The summed E-state index contributed by atoms with van der Waals surface area (Å²) < 4.78 is 5.50. The van der Waals surface area contributed by atoms with Crippen LogP contribution in [0.5, 0.6) is 5.75 Å². The molecule has 1 aliphatic rings. The highest BCUT2D eigenvalue weighted by molar-refractivity contribution is 8.18. The normalized spacial score (nSPS) is 17.3. The number of unbranched alkanes of at least 4 members (excludes halogenated alkanes) is 2. The lowest BCUT2D eigenvalue weighted by Crippen LogP contribution is -2.30. The van der Waals surface area contributed by atoms with Gasteiger partial charge in [-0.15, -0.1) is 0 Å². The molecule has 0 aliphatic carbocycles. The van der Waals surface area contributed by atoms with Crippen LogP contribution in [-0.4, -0.2) is 35.7 Å². The van der Waals surface area contributed by atoms with E-state index in [1.807, 2.05) is 35.2 Å². The molecule has 0 aromatic heterocycles. The highest BCUT2D eigenvalue weighted by Crippen LogP contribution is 2.33. The first-order valence-electron chi connectivity index (χ1n) is 9.29. The van der Waals surface area contributed by atoms with E-state index < -0.39 is 0 Å². The second-order valence-electron chi connectivity index (χ2n) is 6.11. The van der Waals surface area contributed by atoms with Crippen LogP contribution in [0.2, 0.25) is 0 Å². The summed E-state index contributed by atoms with van der Waals surface area (Å²) in [6.45, 7) is 9.92. The van der Waals surface area contributed by atoms with E-state index in [0.29, 0.717) is 6.61 Å². The number of carbonyl (C=O) groups excluding carboxylic acids is 1. The van der Waals surface area contributed by atoms with E-state index in [-0.39, 0.29) is 5.91 Å². The summed E-state index contributed by atoms with van der Waals surface area (Å²) >= 11 is 1.48. The molecule has 5 heteroatoms. The first-order chi connectivity index (χ1) is 12.7. The Balaban J connectivity index is 2.14. The fraction of sp³-hybridized carbons (Fsp3) is 0.429. The van der Waals surface area contributed by atoms with Gasteiger partial charge in [0.15, 0.2) is 5.17 Å². The van der Waals surface area contributed by atoms with Crippen molar-refractivity contribution in [2.45, 2.75) is 39.5 Å². The minimum atomic E-state index is 0.0608. The molecule has 0 bridgehead atoms. The topological polar surface area (TPSA) is 41.9 Å². The molecule has 26 heavy (non-hydrogen) atoms. The molecule has 0 spiro atoms. The first kappa shape index (κ1) is 20.3. The van der Waals surface area contributed by atoms with Gasteiger partial charge in [-0.2, -0.15) is 0 Å². The zero-order chi connectivity index (χ0) is 18.8. The lowest BCUT2D eigenvalue weighted by Gasteiger charge is -2.14. The predicted molar refractivity (Wildman–Crippen MR) is 112 cm³/mol. The molecular weight excluding hydrogens is 344 g/mol. The second kappa shape index (κ2) is 10.9. The van der Waals surface area contributed by atoms with Gasteiger partial charge in [-0.1, -0.05) is 51.5 Å². The Morgan fingerprint density at radius 1 is 1.19 bits per heavy atom. The van der Waals surface area contributed by atoms with Crippen molar-refractivity contribution in [1.29, 1.82) is 0 Å². The molecule has 0 radical (unpaired) electrons. The zero-order valence-electron chi connectivity index (χ0n) is 15.7. The van der Waals surface area contributed by atoms with Crippen LogP contribution in [0, 0.1) is 0 Å². The Hall–Kier alpha value is -2.01. The number of nitrogens with zero attached hydrogens (tertiary/aromatic N) is 2. The summed E-state index contributed by atoms with van der Waals surface area (Å²) in [5.41, 5.74) is 0.983. The van der Waals surface area contributed by atoms with Crippen molar-refractivity contribution in [2.24, 2.45) is 4.99 Å². The number of amidine groups is 1. The molecule has 0 saturated carbocycles. The number of carbonyl (C=O) groups is 1. The summed E-state index contributed by atoms with van der Waals surface area (Å²) in [5, 5.41) is 0.842. The van der Waals surface area contributed by atoms with Crippen molar-refractivity contribution >= 4 is 28.9 Å². The smallest absolute Gasteiger partial charge is 0.266 e. The van der Waals surface area contributed by atoms with E-state index in [1.54, 1.807) is 6.08 Å². The maximum absolute atomic E-state index is 12.8. The lowest BCUT2D eigenvalue weighted by atomic mass is 10.2. The number of rotatable bonds is 10. The van der Waals surface area contributed by atoms with E-state index in [9.17, 15) is 4.79 Å². The molecule has 1 heterocycles. The standard InChI is InChI=1S/C21H28N2O2S/c1-4-7-13-22-21-23(14-8-5-2)20(24)19(26-21)16-17-9-11-18(12-10-17)25-15-6-3/h6,9-12,16H,3-5,7-8,13-15H2,1-2H3. The molecule has 1 saturated heterocycles. The van der Waals surface area contributed by atoms with Gasteiger partial charge in [0.2, 0.25) is 0 Å². The Morgan fingerprint density at radius 3 is 2.58 bits per heavy atom. The fourth-order valence-corrected chi connectivity index (χ4v) is 3.47. The van der Waals surface area contributed by atoms with Crippen LogP contribution in [0.25, 0.3) is 6.08 Å². The van der Waals surface area contributed by atoms with E-state index in [2.05, 4.69) is 25.4 Å². The maximum Gasteiger partial charge on any atom is 0.266 e. The lowest BCUT2D eigenvalue weighted by molar-refractivity contribution is -0.122. The third-order valence-electron chi connectivity index (χ3n) is 3.93. The van der Waals surface area contributed by atoms with Crippen molar-refractivity contribution < 1.29 is 9.53 Å². The minimum Gasteiger partial charge on any atom is -0.490 e. The number of thioether (sulfide) groups is 1. The Bertz CT molecular complexity index is 665. The Kier molecular flexibility index (Phi) is 8.48. The number of hydrogen-bond acceptors (Lipinski definition) is 4. The number of benzene rings is 1. The summed E-state index contributed by atoms with van der Waals surface area (Å²) in [6.07, 6.45) is 7.85. The molecular formula is C21H28N2O2S. The van der Waals surface area contributed by atoms with Crippen LogP contribution in [0.4, 0.5) is 0 Å². The van der Waals surface area contributed by atoms with Crippen LogP contribution in [-0.2, 0) is 4.79 Å². The summed E-state index contributed by atoms with van der Waals surface area (Å²) in [5.74, 6) is 0.856. The van der Waals surface area contributed by atoms with E-state index in [1.165, 1.54) is 11.8 Å². The Morgan fingerprint density at radius 2 is 1.92 bits per heavy atom. The number of ether oxygens (including phenoxy) is 1.